The van der Waals surface area contributed by atoms with Crippen LogP contribution in [0.1, 0.15) is 25.3 Å². The Hall–Kier alpha value is -2.53. The molecule has 2 aromatic carbocycles. The molecular formula is C19H20ClNO4. The Kier molecular flexibility index (Phi) is 6.83. The van der Waals surface area contributed by atoms with Crippen LogP contribution in [-0.2, 0) is 9.59 Å². The van der Waals surface area contributed by atoms with E-state index in [-0.39, 0.29) is 18.3 Å². The van der Waals surface area contributed by atoms with Gasteiger partial charge in [0.05, 0.1) is 6.61 Å². The van der Waals surface area contributed by atoms with Gasteiger partial charge in [0, 0.05) is 24.1 Å². The molecule has 0 radical (unpaired) electrons. The van der Waals surface area contributed by atoms with E-state index < -0.39 is 0 Å². The van der Waals surface area contributed by atoms with Crippen LogP contribution in [0.15, 0.2) is 42.5 Å². The van der Waals surface area contributed by atoms with E-state index in [0.717, 1.165) is 11.3 Å². The van der Waals surface area contributed by atoms with Crippen molar-refractivity contribution in [3.8, 4) is 11.5 Å². The second kappa shape index (κ2) is 9.08. The number of aryl methyl sites for hydroxylation is 1. The van der Waals surface area contributed by atoms with E-state index in [0.29, 0.717) is 29.5 Å². The zero-order chi connectivity index (χ0) is 18.2. The van der Waals surface area contributed by atoms with Crippen molar-refractivity contribution in [3.05, 3.63) is 53.1 Å². The van der Waals surface area contributed by atoms with E-state index >= 15 is 0 Å². The fraction of sp³-hybridized carbons (Fsp3) is 0.263. The number of anilines is 1. The van der Waals surface area contributed by atoms with Crippen molar-refractivity contribution in [1.82, 2.24) is 0 Å². The molecule has 0 unspecified atom stereocenters. The summed E-state index contributed by atoms with van der Waals surface area (Å²) >= 11 is 5.89. The fourth-order valence-electron chi connectivity index (χ4n) is 2.17. The molecule has 0 saturated heterocycles. The van der Waals surface area contributed by atoms with E-state index in [4.69, 9.17) is 21.1 Å². The Morgan fingerprint density at radius 3 is 2.48 bits per heavy atom. The van der Waals surface area contributed by atoms with Crippen molar-refractivity contribution in [2.45, 2.75) is 26.7 Å². The van der Waals surface area contributed by atoms with Gasteiger partial charge in [0.1, 0.15) is 11.5 Å². The van der Waals surface area contributed by atoms with Gasteiger partial charge in [0.25, 0.3) is 0 Å². The first-order chi connectivity index (χ1) is 11.9. The molecule has 25 heavy (non-hydrogen) atoms. The summed E-state index contributed by atoms with van der Waals surface area (Å²) in [5.74, 6) is 0.712. The summed E-state index contributed by atoms with van der Waals surface area (Å²) in [7, 11) is 0. The molecule has 2 rings (SSSR count). The molecule has 0 bridgehead atoms. The van der Waals surface area contributed by atoms with Crippen molar-refractivity contribution in [2.75, 3.05) is 11.9 Å². The summed E-state index contributed by atoms with van der Waals surface area (Å²) in [6.07, 6.45) is 0.797. The quantitative estimate of drug-likeness (QED) is 0.452. The lowest BCUT2D eigenvalue weighted by Crippen LogP contribution is -2.10. The van der Waals surface area contributed by atoms with Crippen molar-refractivity contribution < 1.29 is 19.1 Å². The van der Waals surface area contributed by atoms with Gasteiger partial charge in [-0.1, -0.05) is 11.6 Å². The molecule has 132 valence electrons. The summed E-state index contributed by atoms with van der Waals surface area (Å²) in [6, 6.07) is 12.0. The molecular weight excluding hydrogens is 342 g/mol. The van der Waals surface area contributed by atoms with Gasteiger partial charge >= 0.3 is 5.97 Å². The molecule has 0 spiro atoms. The fourth-order valence-corrected chi connectivity index (χ4v) is 2.39. The highest BCUT2D eigenvalue weighted by atomic mass is 35.5. The molecule has 0 fully saturated rings. The number of ether oxygens (including phenoxy) is 2. The Labute approximate surface area is 151 Å². The Morgan fingerprint density at radius 1 is 1.12 bits per heavy atom. The average molecular weight is 362 g/mol. The maximum Gasteiger partial charge on any atom is 0.311 e. The van der Waals surface area contributed by atoms with Gasteiger partial charge < -0.3 is 14.8 Å². The summed E-state index contributed by atoms with van der Waals surface area (Å²) in [4.78, 5) is 22.8. The van der Waals surface area contributed by atoms with E-state index in [1.165, 1.54) is 6.92 Å². The molecule has 0 aliphatic rings. The van der Waals surface area contributed by atoms with E-state index in [9.17, 15) is 9.59 Å². The molecule has 0 aliphatic carbocycles. The summed E-state index contributed by atoms with van der Waals surface area (Å²) in [6.45, 7) is 3.76. The predicted octanol–water partition coefficient (Wildman–Crippen LogP) is 4.37. The minimum Gasteiger partial charge on any atom is -0.493 e. The highest BCUT2D eigenvalue weighted by Crippen LogP contribution is 2.22. The molecule has 0 heterocycles. The maximum absolute atomic E-state index is 11.8. The Balaban J connectivity index is 1.72. The predicted molar refractivity (Wildman–Crippen MR) is 97.3 cm³/mol. The third-order valence-electron chi connectivity index (χ3n) is 3.33. The van der Waals surface area contributed by atoms with E-state index in [1.807, 2.05) is 19.1 Å². The number of nitrogens with one attached hydrogen (secondary N) is 1. The van der Waals surface area contributed by atoms with Crippen LogP contribution in [0.3, 0.4) is 0 Å². The first-order valence-electron chi connectivity index (χ1n) is 7.91. The van der Waals surface area contributed by atoms with Gasteiger partial charge in [-0.3, -0.25) is 9.59 Å². The third-order valence-corrected chi connectivity index (χ3v) is 3.56. The second-order valence-corrected chi connectivity index (χ2v) is 5.98. The van der Waals surface area contributed by atoms with Crippen LogP contribution in [0.25, 0.3) is 0 Å². The van der Waals surface area contributed by atoms with Gasteiger partial charge in [-0.05, 0) is 61.4 Å². The van der Waals surface area contributed by atoms with Gasteiger partial charge in [0.2, 0.25) is 5.91 Å². The molecule has 1 N–H and O–H groups in total. The molecule has 0 atom stereocenters. The molecule has 6 heteroatoms. The summed E-state index contributed by atoms with van der Waals surface area (Å²) in [5.41, 5.74) is 1.60. The number of hydrogen-bond acceptors (Lipinski definition) is 4. The van der Waals surface area contributed by atoms with Crippen LogP contribution in [0.4, 0.5) is 5.69 Å². The van der Waals surface area contributed by atoms with Crippen molar-refractivity contribution in [2.24, 2.45) is 0 Å². The van der Waals surface area contributed by atoms with Crippen LogP contribution in [0.2, 0.25) is 5.02 Å². The molecule has 0 aromatic heterocycles. The lowest BCUT2D eigenvalue weighted by molar-refractivity contribution is -0.134. The molecule has 0 saturated carbocycles. The normalized spacial score (nSPS) is 10.2. The van der Waals surface area contributed by atoms with Crippen molar-refractivity contribution in [3.63, 3.8) is 0 Å². The largest absolute Gasteiger partial charge is 0.493 e. The topological polar surface area (TPSA) is 64.6 Å². The minimum absolute atomic E-state index is 0.152. The number of carbonyl (C=O) groups is 2. The van der Waals surface area contributed by atoms with Crippen LogP contribution in [0.5, 0.6) is 11.5 Å². The lowest BCUT2D eigenvalue weighted by atomic mass is 10.2. The van der Waals surface area contributed by atoms with Gasteiger partial charge in [-0.15, -0.1) is 0 Å². The standard InChI is InChI=1S/C19H20ClNO4/c1-13-12-15(20)5-10-18(13)24-11-3-4-19(23)25-17-8-6-16(7-9-17)21-14(2)22/h5-10,12H,3-4,11H2,1-2H3,(H,21,22). The van der Waals surface area contributed by atoms with Crippen molar-refractivity contribution in [1.29, 1.82) is 0 Å². The summed E-state index contributed by atoms with van der Waals surface area (Å²) < 4.78 is 10.9. The zero-order valence-electron chi connectivity index (χ0n) is 14.2. The first kappa shape index (κ1) is 18.8. The Bertz CT molecular complexity index is 744. The monoisotopic (exact) mass is 361 g/mol. The molecule has 2 aromatic rings. The minimum atomic E-state index is -0.330. The number of benzene rings is 2. The van der Waals surface area contributed by atoms with Gasteiger partial charge in [0.15, 0.2) is 0 Å². The number of carbonyl (C=O) groups excluding carboxylic acids is 2. The zero-order valence-corrected chi connectivity index (χ0v) is 14.9. The highest BCUT2D eigenvalue weighted by molar-refractivity contribution is 6.30. The lowest BCUT2D eigenvalue weighted by Gasteiger charge is -2.09. The van der Waals surface area contributed by atoms with E-state index in [2.05, 4.69) is 5.32 Å². The molecule has 1 amide bonds. The number of hydrogen-bond donors (Lipinski definition) is 1. The molecule has 0 aliphatic heterocycles. The number of rotatable bonds is 7. The third kappa shape index (κ3) is 6.47. The van der Waals surface area contributed by atoms with Gasteiger partial charge in [-0.25, -0.2) is 0 Å². The summed E-state index contributed by atoms with van der Waals surface area (Å²) in [5, 5.41) is 3.31. The second-order valence-electron chi connectivity index (χ2n) is 5.54. The number of halogens is 1. The SMILES string of the molecule is CC(=O)Nc1ccc(OC(=O)CCCOc2ccc(Cl)cc2C)cc1. The number of esters is 1. The number of amides is 1. The van der Waals surface area contributed by atoms with E-state index in [1.54, 1.807) is 30.3 Å². The smallest absolute Gasteiger partial charge is 0.311 e. The Morgan fingerprint density at radius 2 is 1.84 bits per heavy atom. The van der Waals surface area contributed by atoms with Gasteiger partial charge in [-0.2, -0.15) is 0 Å². The van der Waals surface area contributed by atoms with Crippen LogP contribution >= 0.6 is 11.6 Å². The van der Waals surface area contributed by atoms with Crippen LogP contribution in [0, 0.1) is 6.92 Å². The highest BCUT2D eigenvalue weighted by Gasteiger charge is 2.06. The van der Waals surface area contributed by atoms with Crippen LogP contribution < -0.4 is 14.8 Å². The maximum atomic E-state index is 11.8. The average Bonchev–Trinajstić information content (AvgIpc) is 2.54. The van der Waals surface area contributed by atoms with Crippen LogP contribution in [-0.4, -0.2) is 18.5 Å². The first-order valence-corrected chi connectivity index (χ1v) is 8.29. The van der Waals surface area contributed by atoms with Crippen molar-refractivity contribution >= 4 is 29.2 Å². The molecule has 5 nitrogen and oxygen atoms in total.